The third-order valence-electron chi connectivity index (χ3n) is 6.91. The van der Waals surface area contributed by atoms with E-state index >= 15 is 0 Å². The number of quaternary nitrogens is 2. The predicted octanol–water partition coefficient (Wildman–Crippen LogP) is -0.894. The summed E-state index contributed by atoms with van der Waals surface area (Å²) in [6.07, 6.45) is 0.994. The van der Waals surface area contributed by atoms with Crippen LogP contribution in [0, 0.1) is 5.92 Å². The summed E-state index contributed by atoms with van der Waals surface area (Å²) < 4.78 is 21.4. The lowest BCUT2D eigenvalue weighted by Crippen LogP contribution is -2.60. The predicted molar refractivity (Wildman–Crippen MR) is 95.4 cm³/mol. The van der Waals surface area contributed by atoms with Gasteiger partial charge in [-0.15, -0.1) is 6.58 Å². The molecule has 0 radical (unpaired) electrons. The van der Waals surface area contributed by atoms with Crippen molar-refractivity contribution in [1.29, 1.82) is 0 Å². The molecule has 1 unspecified atom stereocenters. The van der Waals surface area contributed by atoms with Gasteiger partial charge in [0, 0.05) is 14.1 Å². The molecule has 0 N–H and O–H groups in total. The van der Waals surface area contributed by atoms with Gasteiger partial charge in [-0.25, -0.2) is 0 Å². The second-order valence-corrected chi connectivity index (χ2v) is 9.12. The Hall–Kier alpha value is -2.33. The number of nitrogens with zero attached hydrogens (tertiary/aromatic N) is 2. The molecule has 5 fully saturated rings. The Balaban J connectivity index is 0.000000139. The Morgan fingerprint density at radius 3 is 1.61 bits per heavy atom. The monoisotopic (exact) mass is 394 g/mol. The number of rotatable bonds is 2. The van der Waals surface area contributed by atoms with Gasteiger partial charge >= 0.3 is 37.3 Å². The van der Waals surface area contributed by atoms with Gasteiger partial charge in [0.15, 0.2) is 0 Å². The van der Waals surface area contributed by atoms with Crippen molar-refractivity contribution in [3.05, 3.63) is 12.6 Å². The topological polar surface area (TPSA) is 105 Å². The lowest BCUT2D eigenvalue weighted by molar-refractivity contribution is -0.794. The SMILES string of the molecule is C=C[B-]12OC(=O)C[N+]1(C)CC(=O)O2.C[C@@H]1CC1[B-]12OC(=O)C[N+]1(C)CC(=O)O2. The highest BCUT2D eigenvalue weighted by Gasteiger charge is 2.73. The van der Waals surface area contributed by atoms with E-state index in [1.54, 1.807) is 7.05 Å². The molecule has 5 aliphatic rings. The van der Waals surface area contributed by atoms with Gasteiger partial charge in [-0.3, -0.25) is 19.2 Å². The van der Waals surface area contributed by atoms with E-state index < -0.39 is 13.4 Å². The van der Waals surface area contributed by atoms with Crippen LogP contribution in [-0.4, -0.2) is 86.3 Å². The normalized spacial score (nSPS) is 47.8. The van der Waals surface area contributed by atoms with E-state index in [0.29, 0.717) is 10.3 Å². The molecule has 0 bridgehead atoms. The van der Waals surface area contributed by atoms with Crippen molar-refractivity contribution in [3.8, 4) is 0 Å². The molecule has 5 rings (SSSR count). The summed E-state index contributed by atoms with van der Waals surface area (Å²) >= 11 is 0. The fourth-order valence-electron chi connectivity index (χ4n) is 5.19. The van der Waals surface area contributed by atoms with E-state index in [9.17, 15) is 19.2 Å². The summed E-state index contributed by atoms with van der Waals surface area (Å²) in [7, 11) is 3.65. The van der Waals surface area contributed by atoms with Crippen LogP contribution in [0.3, 0.4) is 0 Å². The molecular weight excluding hydrogens is 370 g/mol. The molecule has 10 nitrogen and oxygen atoms in total. The molecule has 4 saturated heterocycles. The summed E-state index contributed by atoms with van der Waals surface area (Å²) in [6, 6.07) is 0. The Labute approximate surface area is 162 Å². The van der Waals surface area contributed by atoms with Crippen molar-refractivity contribution < 1.29 is 46.6 Å². The zero-order valence-electron chi connectivity index (χ0n) is 16.3. The lowest BCUT2D eigenvalue weighted by Gasteiger charge is -2.40. The Morgan fingerprint density at radius 2 is 1.25 bits per heavy atom. The molecular formula is C16H24B2N2O8. The third kappa shape index (κ3) is 2.44. The highest BCUT2D eigenvalue weighted by atomic mass is 16.7. The lowest BCUT2D eigenvalue weighted by atomic mass is 9.61. The van der Waals surface area contributed by atoms with Crippen LogP contribution in [0.25, 0.3) is 0 Å². The maximum Gasteiger partial charge on any atom is 0.607 e. The van der Waals surface area contributed by atoms with Crippen LogP contribution >= 0.6 is 0 Å². The highest BCUT2D eigenvalue weighted by Crippen LogP contribution is 2.57. The Morgan fingerprint density at radius 1 is 0.857 bits per heavy atom. The number of carbonyl (C=O) groups excluding carboxylic acids is 4. The minimum absolute atomic E-state index is 0.178. The van der Waals surface area contributed by atoms with Gasteiger partial charge in [-0.05, 0) is 5.82 Å². The molecule has 1 saturated carbocycles. The second-order valence-electron chi connectivity index (χ2n) is 9.12. The maximum absolute atomic E-state index is 11.4. The van der Waals surface area contributed by atoms with Crippen molar-refractivity contribution in [2.24, 2.45) is 5.92 Å². The first-order valence-electron chi connectivity index (χ1n) is 9.47. The first-order valence-corrected chi connectivity index (χ1v) is 9.47. The van der Waals surface area contributed by atoms with Crippen LogP contribution < -0.4 is 0 Å². The molecule has 12 heteroatoms. The van der Waals surface area contributed by atoms with Crippen LogP contribution in [0.4, 0.5) is 0 Å². The quantitative estimate of drug-likeness (QED) is 0.556. The van der Waals surface area contributed by atoms with Crippen LogP contribution in [0.1, 0.15) is 13.3 Å². The van der Waals surface area contributed by atoms with E-state index in [2.05, 4.69) is 13.5 Å². The van der Waals surface area contributed by atoms with Crippen LogP contribution in [0.5, 0.6) is 0 Å². The molecule has 4 aliphatic heterocycles. The molecule has 4 heterocycles. The van der Waals surface area contributed by atoms with Crippen molar-refractivity contribution in [1.82, 2.24) is 0 Å². The fourth-order valence-corrected chi connectivity index (χ4v) is 5.19. The summed E-state index contributed by atoms with van der Waals surface area (Å²) in [5.41, 5.74) is 0. The van der Waals surface area contributed by atoms with Gasteiger partial charge in [0.1, 0.15) is 26.2 Å². The maximum atomic E-state index is 11.4. The molecule has 0 aromatic carbocycles. The smallest absolute Gasteiger partial charge is 0.600 e. The number of likely N-dealkylation sites (N-methyl/N-ethyl adjacent to an activating group) is 2. The number of carbonyl (C=O) groups is 4. The van der Waals surface area contributed by atoms with Gasteiger partial charge in [-0.1, -0.05) is 25.2 Å². The van der Waals surface area contributed by atoms with Gasteiger partial charge in [0.2, 0.25) is 0 Å². The zero-order valence-corrected chi connectivity index (χ0v) is 16.3. The number of hydrogen-bond donors (Lipinski definition) is 0. The molecule has 2 atom stereocenters. The third-order valence-corrected chi connectivity index (χ3v) is 6.91. The average molecular weight is 394 g/mol. The minimum atomic E-state index is -1.97. The van der Waals surface area contributed by atoms with Crippen molar-refractivity contribution in [2.75, 3.05) is 40.3 Å². The van der Waals surface area contributed by atoms with Crippen molar-refractivity contribution in [2.45, 2.75) is 19.2 Å². The van der Waals surface area contributed by atoms with Crippen LogP contribution in [0.2, 0.25) is 5.82 Å². The van der Waals surface area contributed by atoms with Crippen LogP contribution in [-0.2, 0) is 37.8 Å². The van der Waals surface area contributed by atoms with Crippen molar-refractivity contribution >= 4 is 37.3 Å². The molecule has 0 spiro atoms. The first-order chi connectivity index (χ1) is 13.0. The van der Waals surface area contributed by atoms with Gasteiger partial charge < -0.3 is 27.4 Å². The molecule has 0 aromatic heterocycles. The Bertz CT molecular complexity index is 774. The van der Waals surface area contributed by atoms with E-state index in [-0.39, 0.29) is 60.3 Å². The van der Waals surface area contributed by atoms with E-state index in [4.69, 9.17) is 18.6 Å². The van der Waals surface area contributed by atoms with E-state index in [1.165, 1.54) is 5.98 Å². The molecule has 0 amide bonds. The molecule has 0 aromatic rings. The highest BCUT2D eigenvalue weighted by molar-refractivity contribution is 6.71. The molecule has 152 valence electrons. The summed E-state index contributed by atoms with van der Waals surface area (Å²) in [5, 5.41) is 0. The van der Waals surface area contributed by atoms with E-state index in [1.807, 2.05) is 7.05 Å². The van der Waals surface area contributed by atoms with E-state index in [0.717, 1.165) is 6.42 Å². The standard InChI is InChI=1S/C9H14BNO4.C7H10BNO4/c1-6-3-7(6)10-11(2,4-8(12)14-10)5-9(13)15-10;1-3-8-9(2,4-6(10)12-8)5-7(11)13-8/h6-7H,3-5H2,1-2H3;3H,1,4-5H2,2H3/t6-,7?,10?,11?;/m1./s1. The molecule has 1 aliphatic carbocycles. The summed E-state index contributed by atoms with van der Waals surface area (Å²) in [5.74, 6) is 1.03. The fraction of sp³-hybridized carbons (Fsp3) is 0.625. The van der Waals surface area contributed by atoms with Gasteiger partial charge in [0.25, 0.3) is 0 Å². The minimum Gasteiger partial charge on any atom is -0.600 e. The average Bonchev–Trinajstić information content (AvgIpc) is 2.96. The Kier molecular flexibility index (Phi) is 3.80. The van der Waals surface area contributed by atoms with Crippen LogP contribution in [0.15, 0.2) is 12.6 Å². The van der Waals surface area contributed by atoms with Crippen molar-refractivity contribution in [3.63, 3.8) is 0 Å². The zero-order chi connectivity index (χ0) is 20.5. The molecule has 28 heavy (non-hydrogen) atoms. The summed E-state index contributed by atoms with van der Waals surface area (Å²) in [4.78, 5) is 44.9. The van der Waals surface area contributed by atoms with Gasteiger partial charge in [0.05, 0.1) is 0 Å². The number of hydrogen-bond acceptors (Lipinski definition) is 8. The van der Waals surface area contributed by atoms with Gasteiger partial charge in [-0.2, -0.15) is 0 Å². The number of fused-ring (bicyclic) bond motifs is 2. The first kappa shape index (κ1) is 19.0. The largest absolute Gasteiger partial charge is 0.607 e. The second kappa shape index (κ2) is 5.60. The summed E-state index contributed by atoms with van der Waals surface area (Å²) in [6.45, 7) is 2.85.